The van der Waals surface area contributed by atoms with Gasteiger partial charge in [-0.2, -0.15) is 0 Å². The molecular formula is C20H21NO4. The number of aryl methyl sites for hydroxylation is 1. The lowest BCUT2D eigenvalue weighted by atomic mass is 10.0. The number of ether oxygens (including phenoxy) is 1. The maximum Gasteiger partial charge on any atom is 0.255 e. The molecular weight excluding hydrogens is 318 g/mol. The van der Waals surface area contributed by atoms with Crippen LogP contribution in [0.1, 0.15) is 34.9 Å². The Morgan fingerprint density at radius 2 is 2.00 bits per heavy atom. The maximum absolute atomic E-state index is 12.8. The molecule has 1 amide bonds. The summed E-state index contributed by atoms with van der Waals surface area (Å²) in [6.07, 6.45) is -0.900. The van der Waals surface area contributed by atoms with Crippen LogP contribution >= 0.6 is 0 Å². The van der Waals surface area contributed by atoms with Crippen LogP contribution < -0.4 is 10.1 Å². The van der Waals surface area contributed by atoms with Crippen molar-refractivity contribution in [2.45, 2.75) is 20.0 Å². The van der Waals surface area contributed by atoms with Gasteiger partial charge in [-0.1, -0.05) is 30.3 Å². The van der Waals surface area contributed by atoms with E-state index in [9.17, 15) is 9.90 Å². The number of hydrogen-bond donors (Lipinski definition) is 2. The van der Waals surface area contributed by atoms with Gasteiger partial charge in [-0.3, -0.25) is 4.79 Å². The Kier molecular flexibility index (Phi) is 5.05. The van der Waals surface area contributed by atoms with Gasteiger partial charge in [-0.05, 0) is 42.8 Å². The zero-order chi connectivity index (χ0) is 17.8. The van der Waals surface area contributed by atoms with Gasteiger partial charge in [0, 0.05) is 0 Å². The van der Waals surface area contributed by atoms with Gasteiger partial charge in [-0.15, -0.1) is 0 Å². The molecule has 0 aliphatic rings. The molecule has 0 saturated carbocycles. The quantitative estimate of drug-likeness (QED) is 0.720. The number of carbonyl (C=O) groups is 1. The van der Waals surface area contributed by atoms with Crippen molar-refractivity contribution in [1.82, 2.24) is 5.32 Å². The third-order valence-corrected chi connectivity index (χ3v) is 3.96. The number of furan rings is 1. The van der Waals surface area contributed by atoms with Gasteiger partial charge in [0.2, 0.25) is 0 Å². The molecule has 2 N–H and O–H groups in total. The first-order valence-corrected chi connectivity index (χ1v) is 8.27. The molecule has 0 radical (unpaired) electrons. The molecule has 1 aromatic heterocycles. The number of aliphatic hydroxyl groups is 1. The normalized spacial score (nSPS) is 12.1. The van der Waals surface area contributed by atoms with Gasteiger partial charge >= 0.3 is 0 Å². The van der Waals surface area contributed by atoms with E-state index in [0.717, 1.165) is 10.8 Å². The summed E-state index contributed by atoms with van der Waals surface area (Å²) in [7, 11) is 0. The Labute approximate surface area is 146 Å². The molecule has 0 fully saturated rings. The molecule has 0 spiro atoms. The van der Waals surface area contributed by atoms with Crippen LogP contribution in [0.25, 0.3) is 10.8 Å². The van der Waals surface area contributed by atoms with Crippen molar-refractivity contribution in [1.29, 1.82) is 0 Å². The van der Waals surface area contributed by atoms with E-state index < -0.39 is 6.10 Å². The molecule has 1 heterocycles. The van der Waals surface area contributed by atoms with E-state index in [2.05, 4.69) is 5.32 Å². The van der Waals surface area contributed by atoms with Crippen molar-refractivity contribution in [2.75, 3.05) is 13.2 Å². The van der Waals surface area contributed by atoms with Gasteiger partial charge in [0.05, 0.1) is 18.7 Å². The van der Waals surface area contributed by atoms with Crippen LogP contribution in [0.3, 0.4) is 0 Å². The van der Waals surface area contributed by atoms with Crippen LogP contribution in [0.2, 0.25) is 0 Å². The lowest BCUT2D eigenvalue weighted by Gasteiger charge is -2.15. The van der Waals surface area contributed by atoms with Crippen molar-refractivity contribution in [3.8, 4) is 5.75 Å². The summed E-state index contributed by atoms with van der Waals surface area (Å²) in [6, 6.07) is 14.8. The highest BCUT2D eigenvalue weighted by molar-refractivity contribution is 6.09. The molecule has 1 unspecified atom stereocenters. The minimum Gasteiger partial charge on any atom is -0.493 e. The number of fused-ring (bicyclic) bond motifs is 1. The van der Waals surface area contributed by atoms with Crippen molar-refractivity contribution in [3.63, 3.8) is 0 Å². The third kappa shape index (κ3) is 3.67. The summed E-state index contributed by atoms with van der Waals surface area (Å²) in [5.41, 5.74) is 0.475. The summed E-state index contributed by atoms with van der Waals surface area (Å²) >= 11 is 0. The highest BCUT2D eigenvalue weighted by Crippen LogP contribution is 2.28. The molecule has 3 rings (SSSR count). The smallest absolute Gasteiger partial charge is 0.255 e. The molecule has 2 aromatic carbocycles. The van der Waals surface area contributed by atoms with E-state index in [0.29, 0.717) is 29.4 Å². The van der Waals surface area contributed by atoms with Crippen LogP contribution in [-0.4, -0.2) is 24.2 Å². The minimum atomic E-state index is -0.900. The predicted octanol–water partition coefficient (Wildman–Crippen LogP) is 3.60. The summed E-state index contributed by atoms with van der Waals surface area (Å²) < 4.78 is 11.0. The Balaban J connectivity index is 1.84. The lowest BCUT2D eigenvalue weighted by molar-refractivity contribution is 0.0898. The summed E-state index contributed by atoms with van der Waals surface area (Å²) in [6.45, 7) is 4.20. The minimum absolute atomic E-state index is 0.0561. The van der Waals surface area contributed by atoms with Gasteiger partial charge < -0.3 is 19.6 Å². The molecule has 5 nitrogen and oxygen atoms in total. The number of amides is 1. The fraction of sp³-hybridized carbons (Fsp3) is 0.250. The number of benzene rings is 2. The average Bonchev–Trinajstić information content (AvgIpc) is 3.06. The number of rotatable bonds is 6. The van der Waals surface area contributed by atoms with Crippen molar-refractivity contribution in [3.05, 3.63) is 65.6 Å². The van der Waals surface area contributed by atoms with Gasteiger partial charge in [0.1, 0.15) is 23.4 Å². The lowest BCUT2D eigenvalue weighted by Crippen LogP contribution is -2.28. The summed E-state index contributed by atoms with van der Waals surface area (Å²) in [4.78, 5) is 12.8. The fourth-order valence-electron chi connectivity index (χ4n) is 2.77. The second-order valence-corrected chi connectivity index (χ2v) is 5.77. The third-order valence-electron chi connectivity index (χ3n) is 3.96. The second-order valence-electron chi connectivity index (χ2n) is 5.77. The van der Waals surface area contributed by atoms with Gasteiger partial charge in [0.15, 0.2) is 0 Å². The monoisotopic (exact) mass is 339 g/mol. The number of carbonyl (C=O) groups excluding carboxylic acids is 1. The average molecular weight is 339 g/mol. The van der Waals surface area contributed by atoms with Gasteiger partial charge in [0.25, 0.3) is 5.91 Å². The summed E-state index contributed by atoms with van der Waals surface area (Å²) in [5, 5.41) is 14.7. The summed E-state index contributed by atoms with van der Waals surface area (Å²) in [5.74, 6) is 1.39. The van der Waals surface area contributed by atoms with E-state index in [4.69, 9.17) is 9.15 Å². The van der Waals surface area contributed by atoms with Crippen LogP contribution in [0.4, 0.5) is 0 Å². The first kappa shape index (κ1) is 17.0. The molecule has 0 aliphatic heterocycles. The fourth-order valence-corrected chi connectivity index (χ4v) is 2.77. The molecule has 0 saturated heterocycles. The Morgan fingerprint density at radius 3 is 2.72 bits per heavy atom. The largest absolute Gasteiger partial charge is 0.493 e. The molecule has 130 valence electrons. The second kappa shape index (κ2) is 7.40. The van der Waals surface area contributed by atoms with Crippen molar-refractivity contribution in [2.24, 2.45) is 0 Å². The van der Waals surface area contributed by atoms with E-state index in [1.807, 2.05) is 37.3 Å². The Morgan fingerprint density at radius 1 is 1.20 bits per heavy atom. The molecule has 25 heavy (non-hydrogen) atoms. The number of hydrogen-bond acceptors (Lipinski definition) is 4. The number of aliphatic hydroxyl groups excluding tert-OH is 1. The zero-order valence-corrected chi connectivity index (χ0v) is 14.3. The van der Waals surface area contributed by atoms with E-state index >= 15 is 0 Å². The highest BCUT2D eigenvalue weighted by atomic mass is 16.5. The SMILES string of the molecule is CCOc1ccc2ccccc2c1C(=O)NCC(O)c1ccc(C)o1. The van der Waals surface area contributed by atoms with Crippen LogP contribution in [0.15, 0.2) is 52.9 Å². The molecule has 3 aromatic rings. The molecule has 5 heteroatoms. The van der Waals surface area contributed by atoms with E-state index in [-0.39, 0.29) is 12.5 Å². The number of nitrogens with one attached hydrogen (secondary N) is 1. The topological polar surface area (TPSA) is 71.7 Å². The van der Waals surface area contributed by atoms with Gasteiger partial charge in [-0.25, -0.2) is 0 Å². The first-order valence-electron chi connectivity index (χ1n) is 8.27. The molecule has 1 atom stereocenters. The van der Waals surface area contributed by atoms with Crippen molar-refractivity contribution < 1.29 is 19.1 Å². The highest BCUT2D eigenvalue weighted by Gasteiger charge is 2.19. The maximum atomic E-state index is 12.8. The van der Waals surface area contributed by atoms with E-state index in [1.165, 1.54) is 0 Å². The predicted molar refractivity (Wildman–Crippen MR) is 95.9 cm³/mol. The molecule has 0 aliphatic carbocycles. The van der Waals surface area contributed by atoms with Crippen molar-refractivity contribution >= 4 is 16.7 Å². The van der Waals surface area contributed by atoms with E-state index in [1.54, 1.807) is 25.1 Å². The zero-order valence-electron chi connectivity index (χ0n) is 14.3. The Hall–Kier alpha value is -2.79. The van der Waals surface area contributed by atoms with Crippen LogP contribution in [0.5, 0.6) is 5.75 Å². The first-order chi connectivity index (χ1) is 12.1. The molecule has 0 bridgehead atoms. The van der Waals surface area contributed by atoms with Crippen LogP contribution in [-0.2, 0) is 0 Å². The standard InChI is InChI=1S/C20H21NO4/c1-3-24-18-11-9-14-6-4-5-7-15(14)19(18)20(23)21-12-16(22)17-10-8-13(2)25-17/h4-11,16,22H,3,12H2,1-2H3,(H,21,23). The van der Waals surface area contributed by atoms with Crippen LogP contribution in [0, 0.1) is 6.92 Å². The Bertz CT molecular complexity index is 884.